The number of hydrogen-bond donors (Lipinski definition) is 1. The molecule has 0 heterocycles. The third-order valence-electron chi connectivity index (χ3n) is 4.85. The summed E-state index contributed by atoms with van der Waals surface area (Å²) in [6, 6.07) is 9.22. The van der Waals surface area contributed by atoms with Gasteiger partial charge in [-0.3, -0.25) is 4.79 Å². The third-order valence-corrected chi connectivity index (χ3v) is 4.85. The van der Waals surface area contributed by atoms with E-state index in [1.54, 1.807) is 18.2 Å². The maximum atomic E-state index is 12.1. The Bertz CT molecular complexity index is 942. The minimum atomic E-state index is -0.636. The maximum absolute atomic E-state index is 12.1. The normalized spacial score (nSPS) is 11.7. The van der Waals surface area contributed by atoms with E-state index in [9.17, 15) is 9.59 Å². The van der Waals surface area contributed by atoms with Crippen LogP contribution in [0.15, 0.2) is 36.4 Å². The molecule has 0 unspecified atom stereocenters. The molecule has 0 bridgehead atoms. The number of carbonyl (C=O) groups excluding carboxylic acids is 2. The Morgan fingerprint density at radius 3 is 2.16 bits per heavy atom. The minimum absolute atomic E-state index is 0.194. The molecule has 7 nitrogen and oxygen atoms in total. The monoisotopic (exact) mass is 427 g/mol. The fourth-order valence-corrected chi connectivity index (χ4v) is 2.95. The van der Waals surface area contributed by atoms with Gasteiger partial charge in [-0.1, -0.05) is 18.2 Å². The van der Waals surface area contributed by atoms with E-state index in [0.29, 0.717) is 22.8 Å². The zero-order valence-electron chi connectivity index (χ0n) is 18.8. The van der Waals surface area contributed by atoms with Gasteiger partial charge in [-0.05, 0) is 61.2 Å². The second-order valence-electron chi connectivity index (χ2n) is 7.03. The highest BCUT2D eigenvalue weighted by atomic mass is 16.5. The van der Waals surface area contributed by atoms with Crippen molar-refractivity contribution >= 4 is 18.0 Å². The molecular weight excluding hydrogens is 398 g/mol. The number of hydrogen-bond acceptors (Lipinski definition) is 6. The van der Waals surface area contributed by atoms with Crippen LogP contribution in [0.1, 0.15) is 35.2 Å². The first-order valence-corrected chi connectivity index (χ1v) is 9.80. The number of amides is 1. The molecule has 0 aromatic heterocycles. The van der Waals surface area contributed by atoms with E-state index >= 15 is 0 Å². The van der Waals surface area contributed by atoms with Gasteiger partial charge in [-0.15, -0.1) is 0 Å². The van der Waals surface area contributed by atoms with Crippen molar-refractivity contribution in [2.24, 2.45) is 0 Å². The summed E-state index contributed by atoms with van der Waals surface area (Å²) in [5.41, 5.74) is 3.99. The Morgan fingerprint density at radius 1 is 0.968 bits per heavy atom. The highest BCUT2D eigenvalue weighted by molar-refractivity contribution is 5.89. The highest BCUT2D eigenvalue weighted by Gasteiger charge is 2.13. The van der Waals surface area contributed by atoms with Crippen molar-refractivity contribution < 1.29 is 28.5 Å². The molecule has 0 fully saturated rings. The van der Waals surface area contributed by atoms with Gasteiger partial charge in [0.1, 0.15) is 0 Å². The second kappa shape index (κ2) is 11.1. The first-order valence-electron chi connectivity index (χ1n) is 9.80. The zero-order chi connectivity index (χ0) is 23.0. The van der Waals surface area contributed by atoms with E-state index in [0.717, 1.165) is 11.1 Å². The molecule has 1 atom stereocenters. The lowest BCUT2D eigenvalue weighted by Gasteiger charge is -2.15. The van der Waals surface area contributed by atoms with Gasteiger partial charge >= 0.3 is 5.97 Å². The van der Waals surface area contributed by atoms with Crippen LogP contribution < -0.4 is 19.5 Å². The molecule has 1 amide bonds. The Hall–Kier alpha value is -3.48. The van der Waals surface area contributed by atoms with Gasteiger partial charge in [-0.25, -0.2) is 4.79 Å². The van der Waals surface area contributed by atoms with Gasteiger partial charge in [0.2, 0.25) is 5.75 Å². The molecule has 2 aromatic rings. The predicted octanol–water partition coefficient (Wildman–Crippen LogP) is 3.76. The second-order valence-corrected chi connectivity index (χ2v) is 7.03. The van der Waals surface area contributed by atoms with Crippen molar-refractivity contribution in [3.8, 4) is 17.2 Å². The molecule has 0 aliphatic rings. The van der Waals surface area contributed by atoms with Crippen molar-refractivity contribution in [2.45, 2.75) is 26.8 Å². The van der Waals surface area contributed by atoms with E-state index in [4.69, 9.17) is 18.9 Å². The summed E-state index contributed by atoms with van der Waals surface area (Å²) in [6.45, 7) is 5.57. The molecule has 2 rings (SSSR count). The quantitative estimate of drug-likeness (QED) is 0.485. The number of carbonyl (C=O) groups is 2. The lowest BCUT2D eigenvalue weighted by Crippen LogP contribution is -2.31. The minimum Gasteiger partial charge on any atom is -0.493 e. The summed E-state index contributed by atoms with van der Waals surface area (Å²) >= 11 is 0. The van der Waals surface area contributed by atoms with E-state index in [1.807, 2.05) is 39.0 Å². The number of rotatable bonds is 9. The lowest BCUT2D eigenvalue weighted by atomic mass is 10.0. The van der Waals surface area contributed by atoms with Gasteiger partial charge < -0.3 is 24.3 Å². The van der Waals surface area contributed by atoms with Crippen LogP contribution >= 0.6 is 0 Å². The van der Waals surface area contributed by atoms with Crippen LogP contribution in [0.5, 0.6) is 17.2 Å². The SMILES string of the molecule is COc1cc(/C=C/C(=O)OCC(=O)N[C@H](C)c2ccc(C)c(C)c2)cc(OC)c1OC. The molecular formula is C24H29NO6. The number of nitrogens with one attached hydrogen (secondary N) is 1. The van der Waals surface area contributed by atoms with E-state index in [2.05, 4.69) is 5.32 Å². The summed E-state index contributed by atoms with van der Waals surface area (Å²) in [7, 11) is 4.53. The molecule has 2 aromatic carbocycles. The highest BCUT2D eigenvalue weighted by Crippen LogP contribution is 2.38. The number of benzene rings is 2. The summed E-state index contributed by atoms with van der Waals surface area (Å²) in [5, 5.41) is 2.83. The van der Waals surface area contributed by atoms with Crippen LogP contribution in [-0.2, 0) is 14.3 Å². The van der Waals surface area contributed by atoms with Crippen LogP contribution in [0.3, 0.4) is 0 Å². The average Bonchev–Trinajstić information content (AvgIpc) is 2.76. The molecule has 0 radical (unpaired) electrons. The van der Waals surface area contributed by atoms with Gasteiger partial charge in [0.15, 0.2) is 18.1 Å². The van der Waals surface area contributed by atoms with Crippen LogP contribution in [0.2, 0.25) is 0 Å². The fourth-order valence-electron chi connectivity index (χ4n) is 2.95. The molecule has 0 saturated carbocycles. The Labute approximate surface area is 183 Å². The Balaban J connectivity index is 1.93. The molecule has 0 aliphatic carbocycles. The Kier molecular flexibility index (Phi) is 8.49. The van der Waals surface area contributed by atoms with Gasteiger partial charge in [0.05, 0.1) is 27.4 Å². The third kappa shape index (κ3) is 6.50. The smallest absolute Gasteiger partial charge is 0.331 e. The van der Waals surface area contributed by atoms with Crippen LogP contribution in [0.25, 0.3) is 6.08 Å². The fraction of sp³-hybridized carbons (Fsp3) is 0.333. The van der Waals surface area contributed by atoms with Crippen molar-refractivity contribution in [1.82, 2.24) is 5.32 Å². The Morgan fingerprint density at radius 2 is 1.61 bits per heavy atom. The maximum Gasteiger partial charge on any atom is 0.331 e. The van der Waals surface area contributed by atoms with Crippen LogP contribution in [0, 0.1) is 13.8 Å². The first kappa shape index (κ1) is 23.8. The summed E-state index contributed by atoms with van der Waals surface area (Å²) in [6.07, 6.45) is 2.78. The summed E-state index contributed by atoms with van der Waals surface area (Å²) < 4.78 is 20.9. The van der Waals surface area contributed by atoms with Crippen molar-refractivity contribution in [1.29, 1.82) is 0 Å². The number of methoxy groups -OCH3 is 3. The van der Waals surface area contributed by atoms with Crippen molar-refractivity contribution in [3.63, 3.8) is 0 Å². The zero-order valence-corrected chi connectivity index (χ0v) is 18.8. The molecule has 7 heteroatoms. The van der Waals surface area contributed by atoms with Gasteiger partial charge in [0.25, 0.3) is 5.91 Å². The number of esters is 1. The topological polar surface area (TPSA) is 83.1 Å². The van der Waals surface area contributed by atoms with Gasteiger partial charge in [-0.2, -0.15) is 0 Å². The van der Waals surface area contributed by atoms with E-state index in [1.165, 1.54) is 33.0 Å². The summed E-state index contributed by atoms with van der Waals surface area (Å²) in [5.74, 6) is 0.381. The van der Waals surface area contributed by atoms with Crippen LogP contribution in [-0.4, -0.2) is 39.8 Å². The van der Waals surface area contributed by atoms with Crippen molar-refractivity contribution in [2.75, 3.05) is 27.9 Å². The predicted molar refractivity (Wildman–Crippen MR) is 119 cm³/mol. The molecule has 31 heavy (non-hydrogen) atoms. The van der Waals surface area contributed by atoms with Crippen molar-refractivity contribution in [3.05, 3.63) is 58.7 Å². The number of aryl methyl sites for hydroxylation is 2. The van der Waals surface area contributed by atoms with Gasteiger partial charge in [0, 0.05) is 6.08 Å². The lowest BCUT2D eigenvalue weighted by molar-refractivity contribution is -0.144. The van der Waals surface area contributed by atoms with Crippen LogP contribution in [0.4, 0.5) is 0 Å². The first-order chi connectivity index (χ1) is 14.8. The average molecular weight is 427 g/mol. The van der Waals surface area contributed by atoms with E-state index < -0.39 is 5.97 Å². The molecule has 0 saturated heterocycles. The molecule has 1 N–H and O–H groups in total. The van der Waals surface area contributed by atoms with E-state index in [-0.39, 0.29) is 18.6 Å². The largest absolute Gasteiger partial charge is 0.493 e. The molecule has 0 aliphatic heterocycles. The number of ether oxygens (including phenoxy) is 4. The standard InChI is InChI=1S/C24H29NO6/c1-15-7-9-19(11-16(15)2)17(3)25-22(26)14-31-23(27)10-8-18-12-20(28-4)24(30-6)21(13-18)29-5/h7-13,17H,14H2,1-6H3,(H,25,26)/b10-8+/t17-/m1/s1. The summed E-state index contributed by atoms with van der Waals surface area (Å²) in [4.78, 5) is 24.2. The molecule has 0 spiro atoms. The molecule has 166 valence electrons.